The van der Waals surface area contributed by atoms with Crippen molar-refractivity contribution in [3.8, 4) is 0 Å². The van der Waals surface area contributed by atoms with Crippen molar-refractivity contribution in [2.24, 2.45) is 0 Å². The first-order chi connectivity index (χ1) is 11.4. The molecule has 24 heavy (non-hydrogen) atoms. The Morgan fingerprint density at radius 3 is 2.38 bits per heavy atom. The number of hydrogen-bond acceptors (Lipinski definition) is 3. The van der Waals surface area contributed by atoms with Crippen molar-refractivity contribution in [2.75, 3.05) is 17.2 Å². The zero-order valence-electron chi connectivity index (χ0n) is 14.2. The zero-order valence-corrected chi connectivity index (χ0v) is 14.2. The number of carbonyl (C=O) groups is 2. The highest BCUT2D eigenvalue weighted by Gasteiger charge is 2.08. The van der Waals surface area contributed by atoms with Gasteiger partial charge in [0.1, 0.15) is 0 Å². The van der Waals surface area contributed by atoms with Crippen LogP contribution in [0.5, 0.6) is 0 Å². The summed E-state index contributed by atoms with van der Waals surface area (Å²) in [5.74, 6) is -0.270. The molecule has 0 unspecified atom stereocenters. The van der Waals surface area contributed by atoms with E-state index in [0.717, 1.165) is 16.9 Å². The van der Waals surface area contributed by atoms with E-state index in [4.69, 9.17) is 0 Å². The molecule has 3 N–H and O–H groups in total. The predicted molar refractivity (Wildman–Crippen MR) is 97.3 cm³/mol. The Hall–Kier alpha value is -2.82. The number of amides is 2. The summed E-state index contributed by atoms with van der Waals surface area (Å²) >= 11 is 0. The van der Waals surface area contributed by atoms with Crippen LogP contribution in [0, 0.1) is 6.92 Å². The summed E-state index contributed by atoms with van der Waals surface area (Å²) in [5.41, 5.74) is 3.19. The predicted octanol–water partition coefficient (Wildman–Crippen LogP) is 3.18. The summed E-state index contributed by atoms with van der Waals surface area (Å²) in [4.78, 5) is 24.0. The standard InChI is InChI=1S/C19H23N3O2/c1-13(2)21-19(24)15-5-4-6-17(11-15)20-12-18(23)22-16-9-7-14(3)8-10-16/h4-11,13,20H,12H2,1-3H3,(H,21,24)(H,22,23). The fraction of sp³-hybridized carbons (Fsp3) is 0.263. The Balaban J connectivity index is 1.90. The lowest BCUT2D eigenvalue weighted by Crippen LogP contribution is -2.30. The molecule has 0 saturated heterocycles. The van der Waals surface area contributed by atoms with Crippen molar-refractivity contribution >= 4 is 23.2 Å². The van der Waals surface area contributed by atoms with Gasteiger partial charge in [-0.1, -0.05) is 23.8 Å². The summed E-state index contributed by atoms with van der Waals surface area (Å²) in [6.45, 7) is 5.95. The van der Waals surface area contributed by atoms with E-state index in [2.05, 4.69) is 16.0 Å². The third kappa shape index (κ3) is 5.43. The van der Waals surface area contributed by atoms with E-state index in [1.807, 2.05) is 51.1 Å². The number of carbonyl (C=O) groups excluding carboxylic acids is 2. The van der Waals surface area contributed by atoms with Crippen LogP contribution in [0.15, 0.2) is 48.5 Å². The molecule has 0 aromatic heterocycles. The molecular formula is C19H23N3O2. The third-order valence-electron chi connectivity index (χ3n) is 3.33. The van der Waals surface area contributed by atoms with Gasteiger partial charge in [-0.3, -0.25) is 9.59 Å². The summed E-state index contributed by atoms with van der Waals surface area (Å²) in [7, 11) is 0. The number of benzene rings is 2. The first-order valence-electron chi connectivity index (χ1n) is 7.95. The van der Waals surface area contributed by atoms with Gasteiger partial charge in [-0.2, -0.15) is 0 Å². The number of nitrogens with one attached hydrogen (secondary N) is 3. The van der Waals surface area contributed by atoms with Crippen molar-refractivity contribution < 1.29 is 9.59 Å². The highest BCUT2D eigenvalue weighted by molar-refractivity contribution is 5.96. The van der Waals surface area contributed by atoms with Crippen LogP contribution in [0.4, 0.5) is 11.4 Å². The number of anilines is 2. The maximum atomic E-state index is 12.0. The molecule has 0 radical (unpaired) electrons. The Morgan fingerprint density at radius 1 is 1.00 bits per heavy atom. The molecule has 126 valence electrons. The second-order valence-electron chi connectivity index (χ2n) is 5.98. The van der Waals surface area contributed by atoms with Gasteiger partial charge >= 0.3 is 0 Å². The molecule has 2 rings (SSSR count). The Labute approximate surface area is 142 Å². The Kier molecular flexibility index (Phi) is 5.95. The smallest absolute Gasteiger partial charge is 0.251 e. The fourth-order valence-electron chi connectivity index (χ4n) is 2.14. The lowest BCUT2D eigenvalue weighted by Gasteiger charge is -2.11. The summed E-state index contributed by atoms with van der Waals surface area (Å²) in [6, 6.07) is 14.8. The molecule has 0 aliphatic carbocycles. The second kappa shape index (κ2) is 8.15. The van der Waals surface area contributed by atoms with Gasteiger partial charge in [0.05, 0.1) is 6.54 Å². The van der Waals surface area contributed by atoms with Crippen molar-refractivity contribution in [2.45, 2.75) is 26.8 Å². The lowest BCUT2D eigenvalue weighted by molar-refractivity contribution is -0.114. The lowest BCUT2D eigenvalue weighted by atomic mass is 10.1. The minimum Gasteiger partial charge on any atom is -0.376 e. The highest BCUT2D eigenvalue weighted by Crippen LogP contribution is 2.11. The maximum Gasteiger partial charge on any atom is 0.251 e. The molecule has 0 bridgehead atoms. The molecule has 5 nitrogen and oxygen atoms in total. The minimum absolute atomic E-state index is 0.0782. The van der Waals surface area contributed by atoms with E-state index in [0.29, 0.717) is 5.56 Å². The molecule has 0 saturated carbocycles. The topological polar surface area (TPSA) is 70.2 Å². The zero-order chi connectivity index (χ0) is 17.5. The van der Waals surface area contributed by atoms with Crippen molar-refractivity contribution in [3.63, 3.8) is 0 Å². The van der Waals surface area contributed by atoms with E-state index < -0.39 is 0 Å². The van der Waals surface area contributed by atoms with Crippen LogP contribution in [-0.2, 0) is 4.79 Å². The van der Waals surface area contributed by atoms with Crippen LogP contribution in [0.1, 0.15) is 29.8 Å². The summed E-state index contributed by atoms with van der Waals surface area (Å²) < 4.78 is 0. The molecule has 0 atom stereocenters. The van der Waals surface area contributed by atoms with Crippen LogP contribution >= 0.6 is 0 Å². The van der Waals surface area contributed by atoms with Gasteiger partial charge in [-0.25, -0.2) is 0 Å². The van der Waals surface area contributed by atoms with E-state index >= 15 is 0 Å². The summed E-state index contributed by atoms with van der Waals surface area (Å²) in [6.07, 6.45) is 0. The van der Waals surface area contributed by atoms with Crippen molar-refractivity contribution in [1.29, 1.82) is 0 Å². The maximum absolute atomic E-state index is 12.0. The molecule has 2 aromatic carbocycles. The van der Waals surface area contributed by atoms with Crippen LogP contribution in [0.3, 0.4) is 0 Å². The molecule has 0 spiro atoms. The van der Waals surface area contributed by atoms with E-state index in [1.165, 1.54) is 0 Å². The first-order valence-corrected chi connectivity index (χ1v) is 7.95. The van der Waals surface area contributed by atoms with Gasteiger partial charge in [0, 0.05) is 23.0 Å². The second-order valence-corrected chi connectivity index (χ2v) is 5.98. The average Bonchev–Trinajstić information content (AvgIpc) is 2.55. The van der Waals surface area contributed by atoms with E-state index in [1.54, 1.807) is 18.2 Å². The Morgan fingerprint density at radius 2 is 1.71 bits per heavy atom. The normalized spacial score (nSPS) is 10.3. The van der Waals surface area contributed by atoms with Crippen LogP contribution in [0.2, 0.25) is 0 Å². The van der Waals surface area contributed by atoms with Gasteiger partial charge in [0.2, 0.25) is 5.91 Å². The van der Waals surface area contributed by atoms with Crippen LogP contribution < -0.4 is 16.0 Å². The Bertz CT molecular complexity index is 709. The molecule has 0 heterocycles. The minimum atomic E-state index is -0.143. The van der Waals surface area contributed by atoms with Gasteiger partial charge < -0.3 is 16.0 Å². The van der Waals surface area contributed by atoms with Crippen LogP contribution in [0.25, 0.3) is 0 Å². The monoisotopic (exact) mass is 325 g/mol. The molecular weight excluding hydrogens is 302 g/mol. The van der Waals surface area contributed by atoms with Gasteiger partial charge in [0.15, 0.2) is 0 Å². The van der Waals surface area contributed by atoms with E-state index in [9.17, 15) is 9.59 Å². The number of hydrogen-bond donors (Lipinski definition) is 3. The van der Waals surface area contributed by atoms with Crippen molar-refractivity contribution in [3.05, 3.63) is 59.7 Å². The van der Waals surface area contributed by atoms with Gasteiger partial charge in [-0.15, -0.1) is 0 Å². The molecule has 2 aromatic rings. The number of rotatable bonds is 6. The quantitative estimate of drug-likeness (QED) is 0.764. The average molecular weight is 325 g/mol. The molecule has 0 aliphatic rings. The van der Waals surface area contributed by atoms with Crippen LogP contribution in [-0.4, -0.2) is 24.4 Å². The third-order valence-corrected chi connectivity index (χ3v) is 3.33. The van der Waals surface area contributed by atoms with Gasteiger partial charge in [0.25, 0.3) is 5.91 Å². The van der Waals surface area contributed by atoms with Crippen molar-refractivity contribution in [1.82, 2.24) is 5.32 Å². The molecule has 5 heteroatoms. The molecule has 0 fully saturated rings. The SMILES string of the molecule is Cc1ccc(NC(=O)CNc2cccc(C(=O)NC(C)C)c2)cc1. The molecule has 0 aliphatic heterocycles. The molecule has 2 amide bonds. The fourth-order valence-corrected chi connectivity index (χ4v) is 2.14. The number of aryl methyl sites for hydroxylation is 1. The largest absolute Gasteiger partial charge is 0.376 e. The first kappa shape index (κ1) is 17.5. The van der Waals surface area contributed by atoms with Gasteiger partial charge in [-0.05, 0) is 51.1 Å². The summed E-state index contributed by atoms with van der Waals surface area (Å²) in [5, 5.41) is 8.70. The van der Waals surface area contributed by atoms with E-state index in [-0.39, 0.29) is 24.4 Å². The highest BCUT2D eigenvalue weighted by atomic mass is 16.2.